The molecule has 0 radical (unpaired) electrons. The molecule has 27 heavy (non-hydrogen) atoms. The van der Waals surface area contributed by atoms with Gasteiger partial charge in [0.2, 0.25) is 0 Å². The van der Waals surface area contributed by atoms with Crippen LogP contribution >= 0.6 is 0 Å². The summed E-state index contributed by atoms with van der Waals surface area (Å²) in [6.07, 6.45) is 2.82. The SMILES string of the molecule is O=C(NC[C@@H]1CCCO1)N1CCc2nn(Cc3ccccc3)c(=O)cc2C1. The van der Waals surface area contributed by atoms with Crippen molar-refractivity contribution in [2.45, 2.75) is 38.5 Å². The lowest BCUT2D eigenvalue weighted by atomic mass is 10.1. The monoisotopic (exact) mass is 368 g/mol. The topological polar surface area (TPSA) is 76.5 Å². The van der Waals surface area contributed by atoms with E-state index in [2.05, 4.69) is 10.4 Å². The number of hydrogen-bond donors (Lipinski definition) is 1. The van der Waals surface area contributed by atoms with Gasteiger partial charge in [-0.15, -0.1) is 0 Å². The normalized spacial score (nSPS) is 19.0. The van der Waals surface area contributed by atoms with Crippen molar-refractivity contribution in [1.29, 1.82) is 0 Å². The van der Waals surface area contributed by atoms with E-state index in [1.165, 1.54) is 4.68 Å². The molecular weight excluding hydrogens is 344 g/mol. The van der Waals surface area contributed by atoms with Gasteiger partial charge in [-0.2, -0.15) is 5.10 Å². The maximum absolute atomic E-state index is 12.4. The number of aromatic nitrogens is 2. The van der Waals surface area contributed by atoms with Crippen LogP contribution in [0.1, 0.15) is 29.7 Å². The molecule has 0 bridgehead atoms. The summed E-state index contributed by atoms with van der Waals surface area (Å²) in [6.45, 7) is 2.79. The summed E-state index contributed by atoms with van der Waals surface area (Å²) in [5, 5.41) is 7.48. The molecule has 2 aliphatic rings. The van der Waals surface area contributed by atoms with Gasteiger partial charge in [0.15, 0.2) is 0 Å². The van der Waals surface area contributed by atoms with E-state index in [0.29, 0.717) is 32.6 Å². The smallest absolute Gasteiger partial charge is 0.317 e. The fourth-order valence-electron chi connectivity index (χ4n) is 3.60. The molecule has 0 unspecified atom stereocenters. The minimum absolute atomic E-state index is 0.107. The first kappa shape index (κ1) is 17.7. The lowest BCUT2D eigenvalue weighted by molar-refractivity contribution is 0.108. The van der Waals surface area contributed by atoms with Crippen molar-refractivity contribution in [3.05, 3.63) is 63.6 Å². The van der Waals surface area contributed by atoms with E-state index in [1.807, 2.05) is 30.3 Å². The Morgan fingerprint density at radius 3 is 2.93 bits per heavy atom. The van der Waals surface area contributed by atoms with Crippen LogP contribution in [0.25, 0.3) is 0 Å². The number of ether oxygens (including phenoxy) is 1. The number of rotatable bonds is 4. The van der Waals surface area contributed by atoms with Crippen molar-refractivity contribution in [1.82, 2.24) is 20.0 Å². The van der Waals surface area contributed by atoms with Crippen molar-refractivity contribution < 1.29 is 9.53 Å². The first-order chi connectivity index (χ1) is 13.2. The van der Waals surface area contributed by atoms with Crippen LogP contribution in [0, 0.1) is 0 Å². The molecule has 2 amide bonds. The Labute approximate surface area is 157 Å². The van der Waals surface area contributed by atoms with Gasteiger partial charge in [0, 0.05) is 44.3 Å². The minimum atomic E-state index is -0.140. The Balaban J connectivity index is 1.41. The van der Waals surface area contributed by atoms with Crippen LogP contribution < -0.4 is 10.9 Å². The van der Waals surface area contributed by atoms with E-state index in [4.69, 9.17) is 4.74 Å². The summed E-state index contributed by atoms with van der Waals surface area (Å²) < 4.78 is 7.04. The third-order valence-corrected chi connectivity index (χ3v) is 5.11. The van der Waals surface area contributed by atoms with E-state index in [0.717, 1.165) is 36.3 Å². The Kier molecular flexibility index (Phi) is 5.20. The van der Waals surface area contributed by atoms with Gasteiger partial charge < -0.3 is 15.0 Å². The summed E-state index contributed by atoms with van der Waals surface area (Å²) in [4.78, 5) is 26.6. The third kappa shape index (κ3) is 4.19. The second-order valence-corrected chi connectivity index (χ2v) is 7.09. The quantitative estimate of drug-likeness (QED) is 0.888. The Morgan fingerprint density at radius 1 is 1.30 bits per heavy atom. The van der Waals surface area contributed by atoms with Crippen LogP contribution in [0.3, 0.4) is 0 Å². The summed E-state index contributed by atoms with van der Waals surface area (Å²) in [7, 11) is 0. The van der Waals surface area contributed by atoms with E-state index < -0.39 is 0 Å². The average molecular weight is 368 g/mol. The van der Waals surface area contributed by atoms with E-state index in [9.17, 15) is 9.59 Å². The zero-order valence-corrected chi connectivity index (χ0v) is 15.3. The Hall–Kier alpha value is -2.67. The highest BCUT2D eigenvalue weighted by molar-refractivity contribution is 5.74. The number of nitrogens with zero attached hydrogens (tertiary/aromatic N) is 3. The summed E-state index contributed by atoms with van der Waals surface area (Å²) in [5.41, 5.74) is 2.63. The minimum Gasteiger partial charge on any atom is -0.376 e. The van der Waals surface area contributed by atoms with Gasteiger partial charge >= 0.3 is 6.03 Å². The third-order valence-electron chi connectivity index (χ3n) is 5.11. The zero-order valence-electron chi connectivity index (χ0n) is 15.3. The van der Waals surface area contributed by atoms with Crippen molar-refractivity contribution in [3.63, 3.8) is 0 Å². The molecule has 4 rings (SSSR count). The summed E-state index contributed by atoms with van der Waals surface area (Å²) in [6, 6.07) is 11.3. The number of carbonyl (C=O) groups excluding carboxylic acids is 1. The van der Waals surface area contributed by atoms with Gasteiger partial charge in [0.25, 0.3) is 5.56 Å². The average Bonchev–Trinajstić information content (AvgIpc) is 3.21. The lowest BCUT2D eigenvalue weighted by Gasteiger charge is -2.29. The van der Waals surface area contributed by atoms with Gasteiger partial charge in [-0.25, -0.2) is 9.48 Å². The van der Waals surface area contributed by atoms with E-state index >= 15 is 0 Å². The highest BCUT2D eigenvalue weighted by Crippen LogP contribution is 2.16. The lowest BCUT2D eigenvalue weighted by Crippen LogP contribution is -2.45. The molecular formula is C20H24N4O3. The molecule has 1 aromatic heterocycles. The molecule has 2 aliphatic heterocycles. The maximum Gasteiger partial charge on any atom is 0.317 e. The van der Waals surface area contributed by atoms with Crippen molar-refractivity contribution >= 4 is 6.03 Å². The standard InChI is InChI=1S/C20H24N4O3/c25-19-11-16-14-23(20(26)21-12-17-7-4-10-27-17)9-8-18(16)22-24(19)13-15-5-2-1-3-6-15/h1-3,5-6,11,17H,4,7-10,12-14H2,(H,21,26)/t17-/m0/s1. The van der Waals surface area contributed by atoms with E-state index in [-0.39, 0.29) is 17.7 Å². The number of urea groups is 1. The second kappa shape index (κ2) is 7.92. The molecule has 3 heterocycles. The number of fused-ring (bicyclic) bond motifs is 1. The first-order valence-electron chi connectivity index (χ1n) is 9.47. The Morgan fingerprint density at radius 2 is 2.15 bits per heavy atom. The molecule has 0 aliphatic carbocycles. The van der Waals surface area contributed by atoms with Crippen molar-refractivity contribution in [3.8, 4) is 0 Å². The predicted octanol–water partition coefficient (Wildman–Crippen LogP) is 1.54. The fraction of sp³-hybridized carbons (Fsp3) is 0.450. The van der Waals surface area contributed by atoms with Crippen LogP contribution in [0.2, 0.25) is 0 Å². The summed E-state index contributed by atoms with van der Waals surface area (Å²) in [5.74, 6) is 0. The highest BCUT2D eigenvalue weighted by atomic mass is 16.5. The van der Waals surface area contributed by atoms with E-state index in [1.54, 1.807) is 11.0 Å². The molecule has 7 heteroatoms. The fourth-order valence-corrected chi connectivity index (χ4v) is 3.60. The number of carbonyl (C=O) groups is 1. The summed E-state index contributed by atoms with van der Waals surface area (Å²) >= 11 is 0. The molecule has 1 fully saturated rings. The largest absolute Gasteiger partial charge is 0.376 e. The van der Waals surface area contributed by atoms with Crippen molar-refractivity contribution in [2.75, 3.05) is 19.7 Å². The zero-order chi connectivity index (χ0) is 18.6. The van der Waals surface area contributed by atoms with Gasteiger partial charge in [0.05, 0.1) is 18.3 Å². The molecule has 2 aromatic rings. The second-order valence-electron chi connectivity index (χ2n) is 7.09. The van der Waals surface area contributed by atoms with Gasteiger partial charge in [-0.05, 0) is 18.4 Å². The van der Waals surface area contributed by atoms with Crippen LogP contribution in [-0.2, 0) is 24.2 Å². The molecule has 0 saturated carbocycles. The molecule has 1 aromatic carbocycles. The van der Waals surface area contributed by atoms with Crippen LogP contribution in [-0.4, -0.2) is 46.5 Å². The van der Waals surface area contributed by atoms with Gasteiger partial charge in [-0.3, -0.25) is 4.79 Å². The number of hydrogen-bond acceptors (Lipinski definition) is 4. The van der Waals surface area contributed by atoms with Crippen LogP contribution in [0.15, 0.2) is 41.2 Å². The van der Waals surface area contributed by atoms with Crippen LogP contribution in [0.5, 0.6) is 0 Å². The molecule has 142 valence electrons. The van der Waals surface area contributed by atoms with Crippen LogP contribution in [0.4, 0.5) is 4.79 Å². The highest BCUT2D eigenvalue weighted by Gasteiger charge is 2.24. The van der Waals surface area contributed by atoms with Crippen molar-refractivity contribution in [2.24, 2.45) is 0 Å². The molecule has 1 atom stereocenters. The molecule has 1 N–H and O–H groups in total. The molecule has 0 spiro atoms. The molecule has 1 saturated heterocycles. The molecule has 7 nitrogen and oxygen atoms in total. The van der Waals surface area contributed by atoms with Gasteiger partial charge in [-0.1, -0.05) is 30.3 Å². The van der Waals surface area contributed by atoms with Gasteiger partial charge in [0.1, 0.15) is 0 Å². The number of nitrogens with one attached hydrogen (secondary N) is 1. The Bertz CT molecular complexity index is 859. The first-order valence-corrected chi connectivity index (χ1v) is 9.47. The maximum atomic E-state index is 12.4. The number of benzene rings is 1. The number of amides is 2. The predicted molar refractivity (Wildman–Crippen MR) is 101 cm³/mol.